The van der Waals surface area contributed by atoms with Gasteiger partial charge in [0.1, 0.15) is 5.82 Å². The van der Waals surface area contributed by atoms with Gasteiger partial charge in [-0.1, -0.05) is 6.07 Å². The van der Waals surface area contributed by atoms with Gasteiger partial charge in [0, 0.05) is 24.2 Å². The van der Waals surface area contributed by atoms with Crippen LogP contribution in [0.15, 0.2) is 30.5 Å². The number of likely N-dealkylation sites (tertiary alicyclic amines) is 1. The van der Waals surface area contributed by atoms with Crippen molar-refractivity contribution in [1.29, 1.82) is 0 Å². The molecule has 2 aliphatic heterocycles. The SMILES string of the molecule is Cl.Fc1ccc(CN2CCC(C3CCCN3)CC2)c2ncccc12. The summed E-state index contributed by atoms with van der Waals surface area (Å²) in [6.45, 7) is 4.33. The molecule has 0 bridgehead atoms. The zero-order valence-electron chi connectivity index (χ0n) is 13.9. The fourth-order valence-electron chi connectivity index (χ4n) is 4.19. The molecular weight excluding hydrogens is 325 g/mol. The Balaban J connectivity index is 0.00000169. The molecule has 1 atom stereocenters. The average Bonchev–Trinajstić information content (AvgIpc) is 3.13. The van der Waals surface area contributed by atoms with Gasteiger partial charge in [0.25, 0.3) is 0 Å². The Bertz CT molecular complexity index is 679. The van der Waals surface area contributed by atoms with Crippen molar-refractivity contribution in [2.45, 2.75) is 38.3 Å². The van der Waals surface area contributed by atoms with Crippen LogP contribution in [0.1, 0.15) is 31.2 Å². The highest BCUT2D eigenvalue weighted by Gasteiger charge is 2.28. The van der Waals surface area contributed by atoms with Crippen LogP contribution in [0.4, 0.5) is 4.39 Å². The van der Waals surface area contributed by atoms with Crippen molar-refractivity contribution in [3.8, 4) is 0 Å². The molecule has 0 aliphatic carbocycles. The van der Waals surface area contributed by atoms with Gasteiger partial charge in [-0.3, -0.25) is 9.88 Å². The molecule has 0 spiro atoms. The van der Waals surface area contributed by atoms with E-state index in [1.807, 2.05) is 12.1 Å². The van der Waals surface area contributed by atoms with Gasteiger partial charge in [0.05, 0.1) is 5.52 Å². The summed E-state index contributed by atoms with van der Waals surface area (Å²) in [6, 6.07) is 7.84. The van der Waals surface area contributed by atoms with E-state index in [4.69, 9.17) is 0 Å². The molecule has 2 fully saturated rings. The number of nitrogens with one attached hydrogen (secondary N) is 1. The molecule has 3 heterocycles. The highest BCUT2D eigenvalue weighted by atomic mass is 35.5. The van der Waals surface area contributed by atoms with E-state index in [0.717, 1.165) is 42.7 Å². The van der Waals surface area contributed by atoms with Crippen LogP contribution < -0.4 is 5.32 Å². The Morgan fingerprint density at radius 1 is 1.17 bits per heavy atom. The molecule has 3 nitrogen and oxygen atoms in total. The monoisotopic (exact) mass is 349 g/mol. The minimum absolute atomic E-state index is 0. The number of hydrogen-bond acceptors (Lipinski definition) is 3. The summed E-state index contributed by atoms with van der Waals surface area (Å²) in [7, 11) is 0. The number of hydrogen-bond donors (Lipinski definition) is 1. The molecule has 2 aliphatic rings. The number of fused-ring (bicyclic) bond motifs is 1. The third kappa shape index (κ3) is 3.56. The normalized spacial score (nSPS) is 22.6. The van der Waals surface area contributed by atoms with Crippen LogP contribution in [0.5, 0.6) is 0 Å². The third-order valence-electron chi connectivity index (χ3n) is 5.49. The zero-order chi connectivity index (χ0) is 15.6. The fourth-order valence-corrected chi connectivity index (χ4v) is 4.19. The highest BCUT2D eigenvalue weighted by Crippen LogP contribution is 2.27. The number of nitrogens with zero attached hydrogens (tertiary/aromatic N) is 2. The van der Waals surface area contributed by atoms with E-state index < -0.39 is 0 Å². The van der Waals surface area contributed by atoms with Crippen molar-refractivity contribution >= 4 is 23.3 Å². The molecule has 0 saturated carbocycles. The standard InChI is InChI=1S/C19H24FN3.ClH/c20-17-6-5-15(19-16(17)3-1-10-22-19)13-23-11-7-14(8-12-23)18-4-2-9-21-18;/h1,3,5-6,10,14,18,21H,2,4,7-9,11-13H2;1H. The summed E-state index contributed by atoms with van der Waals surface area (Å²) >= 11 is 0. The molecule has 2 saturated heterocycles. The van der Waals surface area contributed by atoms with Gasteiger partial charge in [-0.05, 0) is 75.0 Å². The van der Waals surface area contributed by atoms with E-state index in [1.54, 1.807) is 18.3 Å². The van der Waals surface area contributed by atoms with Crippen LogP contribution in [0.25, 0.3) is 10.9 Å². The molecule has 1 aromatic carbocycles. The van der Waals surface area contributed by atoms with Crippen LogP contribution in [0.3, 0.4) is 0 Å². The second kappa shape index (κ2) is 7.77. The molecule has 24 heavy (non-hydrogen) atoms. The number of pyridine rings is 1. The Kier molecular flexibility index (Phi) is 5.69. The van der Waals surface area contributed by atoms with Gasteiger partial charge in [-0.15, -0.1) is 12.4 Å². The first-order chi connectivity index (χ1) is 11.3. The van der Waals surface area contributed by atoms with E-state index in [1.165, 1.54) is 32.2 Å². The molecule has 1 N–H and O–H groups in total. The first-order valence-electron chi connectivity index (χ1n) is 8.79. The smallest absolute Gasteiger partial charge is 0.132 e. The number of piperidine rings is 1. The van der Waals surface area contributed by atoms with E-state index >= 15 is 0 Å². The Morgan fingerprint density at radius 2 is 2.00 bits per heavy atom. The summed E-state index contributed by atoms with van der Waals surface area (Å²) in [5.41, 5.74) is 1.95. The predicted octanol–water partition coefficient (Wildman–Crippen LogP) is 3.76. The number of rotatable bonds is 3. The molecule has 1 aromatic heterocycles. The van der Waals surface area contributed by atoms with Gasteiger partial charge in [0.15, 0.2) is 0 Å². The van der Waals surface area contributed by atoms with Gasteiger partial charge >= 0.3 is 0 Å². The lowest BCUT2D eigenvalue weighted by molar-refractivity contribution is 0.158. The van der Waals surface area contributed by atoms with Crippen LogP contribution in [0, 0.1) is 11.7 Å². The fraction of sp³-hybridized carbons (Fsp3) is 0.526. The summed E-state index contributed by atoms with van der Waals surface area (Å²) < 4.78 is 13.9. The summed E-state index contributed by atoms with van der Waals surface area (Å²) in [5.74, 6) is 0.653. The van der Waals surface area contributed by atoms with Gasteiger partial charge in [0.2, 0.25) is 0 Å². The van der Waals surface area contributed by atoms with Gasteiger partial charge in [-0.2, -0.15) is 0 Å². The first-order valence-corrected chi connectivity index (χ1v) is 8.79. The van der Waals surface area contributed by atoms with E-state index in [9.17, 15) is 4.39 Å². The summed E-state index contributed by atoms with van der Waals surface area (Å²) in [4.78, 5) is 6.90. The minimum Gasteiger partial charge on any atom is -0.314 e. The zero-order valence-corrected chi connectivity index (χ0v) is 14.7. The lowest BCUT2D eigenvalue weighted by Gasteiger charge is -2.35. The van der Waals surface area contributed by atoms with Crippen LogP contribution >= 0.6 is 12.4 Å². The maximum atomic E-state index is 13.9. The Hall–Kier alpha value is -1.23. The van der Waals surface area contributed by atoms with Crippen molar-refractivity contribution in [3.05, 3.63) is 41.8 Å². The molecule has 130 valence electrons. The minimum atomic E-state index is -0.178. The topological polar surface area (TPSA) is 28.2 Å². The second-order valence-corrected chi connectivity index (χ2v) is 6.92. The highest BCUT2D eigenvalue weighted by molar-refractivity contribution is 5.85. The van der Waals surface area contributed by atoms with Crippen molar-refractivity contribution in [3.63, 3.8) is 0 Å². The maximum Gasteiger partial charge on any atom is 0.132 e. The van der Waals surface area contributed by atoms with Crippen molar-refractivity contribution in [2.24, 2.45) is 5.92 Å². The molecule has 0 radical (unpaired) electrons. The van der Waals surface area contributed by atoms with Gasteiger partial charge in [-0.25, -0.2) is 4.39 Å². The quantitative estimate of drug-likeness (QED) is 0.914. The number of benzene rings is 1. The maximum absolute atomic E-state index is 13.9. The molecule has 4 rings (SSSR count). The second-order valence-electron chi connectivity index (χ2n) is 6.92. The Morgan fingerprint density at radius 3 is 2.75 bits per heavy atom. The Labute approximate surface area is 149 Å². The lowest BCUT2D eigenvalue weighted by Crippen LogP contribution is -2.40. The molecule has 2 aromatic rings. The van der Waals surface area contributed by atoms with Crippen molar-refractivity contribution in [1.82, 2.24) is 15.2 Å². The molecule has 0 amide bonds. The average molecular weight is 350 g/mol. The lowest BCUT2D eigenvalue weighted by atomic mass is 9.88. The van der Waals surface area contributed by atoms with Crippen molar-refractivity contribution < 1.29 is 4.39 Å². The first kappa shape index (κ1) is 17.6. The van der Waals surface area contributed by atoms with E-state index in [-0.39, 0.29) is 18.2 Å². The number of halogens is 2. The van der Waals surface area contributed by atoms with Gasteiger partial charge < -0.3 is 5.32 Å². The third-order valence-corrected chi connectivity index (χ3v) is 5.49. The summed E-state index contributed by atoms with van der Waals surface area (Å²) in [5, 5.41) is 4.29. The predicted molar refractivity (Wildman–Crippen MR) is 98.0 cm³/mol. The van der Waals surface area contributed by atoms with Crippen LogP contribution in [0.2, 0.25) is 0 Å². The van der Waals surface area contributed by atoms with Crippen LogP contribution in [-0.2, 0) is 6.54 Å². The van der Waals surface area contributed by atoms with Crippen molar-refractivity contribution in [2.75, 3.05) is 19.6 Å². The van der Waals surface area contributed by atoms with E-state index in [0.29, 0.717) is 5.39 Å². The van der Waals surface area contributed by atoms with Crippen LogP contribution in [-0.4, -0.2) is 35.6 Å². The number of aromatic nitrogens is 1. The molecule has 5 heteroatoms. The largest absolute Gasteiger partial charge is 0.314 e. The summed E-state index contributed by atoms with van der Waals surface area (Å²) in [6.07, 6.45) is 6.97. The molecule has 1 unspecified atom stereocenters. The molecular formula is C19H25ClFN3. The van der Waals surface area contributed by atoms with E-state index in [2.05, 4.69) is 15.2 Å².